The fourth-order valence-electron chi connectivity index (χ4n) is 4.66. The molecule has 0 saturated carbocycles. The lowest BCUT2D eigenvalue weighted by molar-refractivity contribution is 0.0984. The van der Waals surface area contributed by atoms with Crippen molar-refractivity contribution in [2.75, 3.05) is 15.5 Å². The molecular weight excluding hydrogens is 472 g/mol. The third-order valence-electron chi connectivity index (χ3n) is 6.56. The Kier molecular flexibility index (Phi) is 6.12. The molecule has 0 spiro atoms. The molecule has 184 valence electrons. The molecule has 1 aliphatic rings. The van der Waals surface area contributed by atoms with Crippen molar-refractivity contribution >= 4 is 34.7 Å². The molecule has 0 fully saturated rings. The number of amides is 2. The van der Waals surface area contributed by atoms with E-state index >= 15 is 0 Å². The van der Waals surface area contributed by atoms with Crippen LogP contribution in [0.4, 0.5) is 22.9 Å². The standard InChI is InChI=1S/C32H24N4O2/c37-31(27-13-5-4-12-26(27)22-9-2-1-3-10-22)34-25-18-16-23(17-19-25)32(38)36-21-24-11-8-20-33-30(24)35-28-14-6-7-15-29(28)36/h1-20H,21H2,(H,33,35)(H,34,37). The van der Waals surface area contributed by atoms with Crippen molar-refractivity contribution in [3.8, 4) is 11.1 Å². The Hall–Kier alpha value is -5.23. The number of hydrogen-bond donors (Lipinski definition) is 2. The summed E-state index contributed by atoms with van der Waals surface area (Å²) in [6, 6.07) is 35.9. The number of nitrogens with one attached hydrogen (secondary N) is 2. The summed E-state index contributed by atoms with van der Waals surface area (Å²) in [6.07, 6.45) is 1.73. The van der Waals surface area contributed by atoms with Crippen LogP contribution in [0.25, 0.3) is 11.1 Å². The first-order valence-electron chi connectivity index (χ1n) is 12.3. The summed E-state index contributed by atoms with van der Waals surface area (Å²) in [5.74, 6) is 0.396. The molecule has 2 heterocycles. The maximum absolute atomic E-state index is 13.7. The predicted octanol–water partition coefficient (Wildman–Crippen LogP) is 6.90. The summed E-state index contributed by atoms with van der Waals surface area (Å²) in [5.41, 5.74) is 6.09. The van der Waals surface area contributed by atoms with Gasteiger partial charge < -0.3 is 15.5 Å². The number of aromatic nitrogens is 1. The Balaban J connectivity index is 1.24. The molecule has 6 rings (SSSR count). The number of hydrogen-bond acceptors (Lipinski definition) is 4. The van der Waals surface area contributed by atoms with Crippen LogP contribution in [0.2, 0.25) is 0 Å². The molecule has 5 aromatic rings. The van der Waals surface area contributed by atoms with Gasteiger partial charge in [-0.2, -0.15) is 0 Å². The number of pyridine rings is 1. The molecule has 0 saturated heterocycles. The van der Waals surface area contributed by atoms with Gasteiger partial charge in [0.15, 0.2) is 0 Å². The van der Waals surface area contributed by atoms with Crippen LogP contribution >= 0.6 is 0 Å². The monoisotopic (exact) mass is 496 g/mol. The van der Waals surface area contributed by atoms with Gasteiger partial charge in [-0.25, -0.2) is 4.98 Å². The van der Waals surface area contributed by atoms with Crippen molar-refractivity contribution in [2.24, 2.45) is 0 Å². The molecule has 0 radical (unpaired) electrons. The smallest absolute Gasteiger partial charge is 0.258 e. The number of anilines is 4. The summed E-state index contributed by atoms with van der Waals surface area (Å²) >= 11 is 0. The molecule has 0 aliphatic carbocycles. The van der Waals surface area contributed by atoms with Crippen LogP contribution in [-0.2, 0) is 6.54 Å². The summed E-state index contributed by atoms with van der Waals surface area (Å²) in [7, 11) is 0. The number of para-hydroxylation sites is 2. The SMILES string of the molecule is O=C(Nc1ccc(C(=O)N2Cc3cccnc3Nc3ccccc32)cc1)c1ccccc1-c1ccccc1. The summed E-state index contributed by atoms with van der Waals surface area (Å²) in [4.78, 5) is 33.0. The van der Waals surface area contributed by atoms with Crippen LogP contribution in [-0.4, -0.2) is 16.8 Å². The first-order chi connectivity index (χ1) is 18.7. The van der Waals surface area contributed by atoms with Crippen molar-refractivity contribution in [3.63, 3.8) is 0 Å². The first kappa shape index (κ1) is 23.2. The van der Waals surface area contributed by atoms with Crippen LogP contribution in [0.15, 0.2) is 121 Å². The number of carbonyl (C=O) groups excluding carboxylic acids is 2. The normalized spacial score (nSPS) is 11.9. The maximum atomic E-state index is 13.7. The van der Waals surface area contributed by atoms with Crippen molar-refractivity contribution in [1.82, 2.24) is 4.98 Å². The van der Waals surface area contributed by atoms with E-state index in [0.29, 0.717) is 23.4 Å². The molecule has 6 nitrogen and oxygen atoms in total. The summed E-state index contributed by atoms with van der Waals surface area (Å²) < 4.78 is 0. The van der Waals surface area contributed by atoms with Gasteiger partial charge in [0, 0.05) is 28.6 Å². The lowest BCUT2D eigenvalue weighted by Gasteiger charge is -2.23. The van der Waals surface area contributed by atoms with Crippen LogP contribution in [0.5, 0.6) is 0 Å². The van der Waals surface area contributed by atoms with Gasteiger partial charge in [-0.3, -0.25) is 9.59 Å². The Bertz CT molecular complexity index is 1630. The van der Waals surface area contributed by atoms with Crippen molar-refractivity contribution in [3.05, 3.63) is 138 Å². The van der Waals surface area contributed by atoms with Crippen molar-refractivity contribution in [1.29, 1.82) is 0 Å². The quantitative estimate of drug-likeness (QED) is 0.284. The number of nitrogens with zero attached hydrogens (tertiary/aromatic N) is 2. The molecule has 0 bridgehead atoms. The van der Waals surface area contributed by atoms with Crippen LogP contribution in [0.1, 0.15) is 26.3 Å². The highest BCUT2D eigenvalue weighted by Crippen LogP contribution is 2.35. The molecule has 1 aromatic heterocycles. The Morgan fingerprint density at radius 1 is 0.763 bits per heavy atom. The molecule has 4 aromatic carbocycles. The van der Waals surface area contributed by atoms with Crippen LogP contribution < -0.4 is 15.5 Å². The zero-order valence-electron chi connectivity index (χ0n) is 20.5. The lowest BCUT2D eigenvalue weighted by atomic mass is 9.99. The topological polar surface area (TPSA) is 74.3 Å². The average molecular weight is 497 g/mol. The fraction of sp³-hybridized carbons (Fsp3) is 0.0312. The molecule has 2 amide bonds. The van der Waals surface area contributed by atoms with Gasteiger partial charge in [-0.15, -0.1) is 0 Å². The van der Waals surface area contributed by atoms with Gasteiger partial charge in [0.1, 0.15) is 5.82 Å². The van der Waals surface area contributed by atoms with E-state index in [1.807, 2.05) is 91.0 Å². The zero-order valence-corrected chi connectivity index (χ0v) is 20.5. The minimum absolute atomic E-state index is 0.136. The third kappa shape index (κ3) is 4.51. The van der Waals surface area contributed by atoms with E-state index in [2.05, 4.69) is 15.6 Å². The highest BCUT2D eigenvalue weighted by Gasteiger charge is 2.25. The van der Waals surface area contributed by atoms with E-state index in [4.69, 9.17) is 0 Å². The van der Waals surface area contributed by atoms with Gasteiger partial charge in [-0.1, -0.05) is 66.7 Å². The maximum Gasteiger partial charge on any atom is 0.258 e. The van der Waals surface area contributed by atoms with E-state index in [0.717, 1.165) is 33.9 Å². The van der Waals surface area contributed by atoms with Crippen LogP contribution in [0, 0.1) is 0 Å². The van der Waals surface area contributed by atoms with Gasteiger partial charge in [0.25, 0.3) is 11.8 Å². The van der Waals surface area contributed by atoms with E-state index in [-0.39, 0.29) is 11.8 Å². The number of rotatable bonds is 4. The Labute approximate surface area is 220 Å². The Morgan fingerprint density at radius 2 is 1.50 bits per heavy atom. The number of benzene rings is 4. The second kappa shape index (κ2) is 10.0. The predicted molar refractivity (Wildman–Crippen MR) is 151 cm³/mol. The van der Waals surface area contributed by atoms with Gasteiger partial charge in [0.2, 0.25) is 0 Å². The zero-order chi connectivity index (χ0) is 25.9. The summed E-state index contributed by atoms with van der Waals surface area (Å²) in [5, 5.41) is 6.32. The minimum atomic E-state index is -0.208. The number of fused-ring (bicyclic) bond motifs is 2. The number of carbonyl (C=O) groups is 2. The summed E-state index contributed by atoms with van der Waals surface area (Å²) in [6.45, 7) is 0.390. The van der Waals surface area contributed by atoms with E-state index in [9.17, 15) is 9.59 Å². The molecule has 0 unspecified atom stereocenters. The van der Waals surface area contributed by atoms with Gasteiger partial charge in [-0.05, 0) is 59.7 Å². The molecule has 1 aliphatic heterocycles. The van der Waals surface area contributed by atoms with Crippen LogP contribution in [0.3, 0.4) is 0 Å². The Morgan fingerprint density at radius 3 is 2.34 bits per heavy atom. The highest BCUT2D eigenvalue weighted by molar-refractivity contribution is 6.10. The fourth-order valence-corrected chi connectivity index (χ4v) is 4.66. The van der Waals surface area contributed by atoms with E-state index in [1.54, 1.807) is 35.4 Å². The second-order valence-electron chi connectivity index (χ2n) is 8.99. The van der Waals surface area contributed by atoms with E-state index < -0.39 is 0 Å². The van der Waals surface area contributed by atoms with Gasteiger partial charge >= 0.3 is 0 Å². The molecule has 2 N–H and O–H groups in total. The second-order valence-corrected chi connectivity index (χ2v) is 8.99. The lowest BCUT2D eigenvalue weighted by Crippen LogP contribution is -2.30. The molecular formula is C32H24N4O2. The first-order valence-corrected chi connectivity index (χ1v) is 12.3. The van der Waals surface area contributed by atoms with E-state index in [1.165, 1.54) is 0 Å². The largest absolute Gasteiger partial charge is 0.338 e. The molecule has 0 atom stereocenters. The molecule has 6 heteroatoms. The van der Waals surface area contributed by atoms with Crippen molar-refractivity contribution in [2.45, 2.75) is 6.54 Å². The third-order valence-corrected chi connectivity index (χ3v) is 6.56. The van der Waals surface area contributed by atoms with Gasteiger partial charge in [0.05, 0.1) is 17.9 Å². The average Bonchev–Trinajstić information content (AvgIpc) is 3.14. The molecule has 38 heavy (non-hydrogen) atoms. The highest BCUT2D eigenvalue weighted by atomic mass is 16.2. The minimum Gasteiger partial charge on any atom is -0.338 e. The van der Waals surface area contributed by atoms with Crippen molar-refractivity contribution < 1.29 is 9.59 Å².